The lowest BCUT2D eigenvalue weighted by Crippen LogP contribution is -2.25. The summed E-state index contributed by atoms with van der Waals surface area (Å²) in [6.45, 7) is 4.59. The third-order valence-electron chi connectivity index (χ3n) is 4.38. The summed E-state index contributed by atoms with van der Waals surface area (Å²) in [5.74, 6) is -0.548. The maximum atomic E-state index is 13.3. The first-order valence-electron chi connectivity index (χ1n) is 9.08. The van der Waals surface area contributed by atoms with Crippen molar-refractivity contribution in [2.75, 3.05) is 11.9 Å². The van der Waals surface area contributed by atoms with E-state index in [2.05, 4.69) is 20.6 Å². The fourth-order valence-electron chi connectivity index (χ4n) is 2.97. The van der Waals surface area contributed by atoms with E-state index >= 15 is 0 Å². The average molecular weight is 398 g/mol. The van der Waals surface area contributed by atoms with Gasteiger partial charge in [-0.15, -0.1) is 5.10 Å². The number of aryl methyl sites for hydroxylation is 2. The van der Waals surface area contributed by atoms with Crippen LogP contribution in [0.5, 0.6) is 0 Å². The van der Waals surface area contributed by atoms with Gasteiger partial charge in [0, 0.05) is 35.4 Å². The van der Waals surface area contributed by atoms with Gasteiger partial charge in [-0.1, -0.05) is 5.21 Å². The third-order valence-corrected chi connectivity index (χ3v) is 4.38. The molecule has 152 valence electrons. The maximum absolute atomic E-state index is 13.3. The van der Waals surface area contributed by atoms with Crippen LogP contribution in [0.3, 0.4) is 0 Å². The number of carbonyl (C=O) groups excluding carboxylic acids is 1. The summed E-state index contributed by atoms with van der Waals surface area (Å²) < 4.78 is 14.8. The van der Waals surface area contributed by atoms with Crippen LogP contribution >= 0.6 is 0 Å². The van der Waals surface area contributed by atoms with E-state index in [9.17, 15) is 9.18 Å². The van der Waals surface area contributed by atoms with Gasteiger partial charge in [0.1, 0.15) is 5.82 Å². The van der Waals surface area contributed by atoms with Gasteiger partial charge >= 0.3 is 0 Å². The van der Waals surface area contributed by atoms with Gasteiger partial charge in [-0.05, 0) is 49.8 Å². The van der Waals surface area contributed by atoms with Crippen molar-refractivity contribution in [1.29, 1.82) is 0 Å². The number of nitrogens with one attached hydrogen (secondary N) is 2. The Bertz CT molecular complexity index is 1030. The minimum atomic E-state index is -0.526. The Morgan fingerprint density at radius 2 is 2.14 bits per heavy atom. The molecule has 2 aromatic heterocycles. The number of amides is 1. The summed E-state index contributed by atoms with van der Waals surface area (Å²) in [5, 5.41) is 19.0. The van der Waals surface area contributed by atoms with Crippen molar-refractivity contribution in [2.45, 2.75) is 26.5 Å². The summed E-state index contributed by atoms with van der Waals surface area (Å²) in [7, 11) is 0. The number of rotatable bonds is 4. The molecule has 29 heavy (non-hydrogen) atoms. The Kier molecular flexibility index (Phi) is 6.20. The molecule has 0 radical (unpaired) electrons. The van der Waals surface area contributed by atoms with E-state index in [1.165, 1.54) is 16.8 Å². The van der Waals surface area contributed by atoms with Crippen molar-refractivity contribution in [3.63, 3.8) is 0 Å². The predicted molar refractivity (Wildman–Crippen MR) is 108 cm³/mol. The van der Waals surface area contributed by atoms with E-state index in [4.69, 9.17) is 10.8 Å². The molecule has 1 aliphatic heterocycles. The molecule has 9 heteroatoms. The Labute approximate surface area is 167 Å². The van der Waals surface area contributed by atoms with Crippen LogP contribution < -0.4 is 11.1 Å². The zero-order chi connectivity index (χ0) is 21.0. The van der Waals surface area contributed by atoms with Gasteiger partial charge in [-0.2, -0.15) is 0 Å². The third kappa shape index (κ3) is 4.95. The molecule has 8 nitrogen and oxygen atoms in total. The minimum absolute atomic E-state index is 0.202. The van der Waals surface area contributed by atoms with Crippen molar-refractivity contribution >= 4 is 23.2 Å². The molecule has 0 aliphatic carbocycles. The van der Waals surface area contributed by atoms with Crippen molar-refractivity contribution in [2.24, 2.45) is 5.73 Å². The highest BCUT2D eigenvalue weighted by atomic mass is 19.1. The van der Waals surface area contributed by atoms with Crippen LogP contribution in [0.1, 0.15) is 22.5 Å². The number of aliphatic hydroxyl groups is 1. The van der Waals surface area contributed by atoms with Crippen molar-refractivity contribution in [3.8, 4) is 0 Å². The summed E-state index contributed by atoms with van der Waals surface area (Å²) in [5.41, 5.74) is 9.88. The van der Waals surface area contributed by atoms with Crippen LogP contribution in [0.25, 0.3) is 11.6 Å². The van der Waals surface area contributed by atoms with E-state index in [1.54, 1.807) is 24.5 Å². The largest absolute Gasteiger partial charge is 0.390 e. The molecule has 0 bridgehead atoms. The summed E-state index contributed by atoms with van der Waals surface area (Å²) >= 11 is 0. The first-order valence-corrected chi connectivity index (χ1v) is 9.08. The molecular formula is C20H23FN6O2. The molecular weight excluding hydrogens is 375 g/mol. The highest BCUT2D eigenvalue weighted by Gasteiger charge is 2.24. The van der Waals surface area contributed by atoms with E-state index in [0.717, 1.165) is 17.0 Å². The van der Waals surface area contributed by atoms with Crippen LogP contribution in [0.2, 0.25) is 0 Å². The molecule has 0 saturated heterocycles. The van der Waals surface area contributed by atoms with Gasteiger partial charge in [0.15, 0.2) is 0 Å². The van der Waals surface area contributed by atoms with E-state index in [1.807, 2.05) is 19.9 Å². The number of aromatic nitrogens is 4. The molecule has 4 rings (SSSR count). The van der Waals surface area contributed by atoms with Crippen molar-refractivity contribution < 1.29 is 14.3 Å². The van der Waals surface area contributed by atoms with Crippen LogP contribution in [0.15, 0.2) is 36.7 Å². The summed E-state index contributed by atoms with van der Waals surface area (Å²) in [6, 6.07) is 6.30. The molecule has 1 aromatic carbocycles. The standard InChI is InChI=1S/C15H13FN2O.C5H10N4O/c1-8-5-9(2)17-14(8)7-12-11-6-10(16)3-4-13(11)18-15(12)19;6-3-5(10)4-9-2-1-7-8-9/h3-7,17H,1-2H3,(H,18,19);1-2,5,10H,3-4,6H2. The number of fused-ring (bicyclic) bond motifs is 1. The number of nitrogens with two attached hydrogens (primary N) is 1. The molecule has 1 aliphatic rings. The number of nitrogens with zero attached hydrogens (tertiary/aromatic N) is 3. The van der Waals surface area contributed by atoms with Crippen LogP contribution in [0.4, 0.5) is 10.1 Å². The maximum Gasteiger partial charge on any atom is 0.256 e. The Hall–Kier alpha value is -3.30. The van der Waals surface area contributed by atoms with Gasteiger partial charge < -0.3 is 21.1 Å². The Balaban J connectivity index is 0.000000204. The Morgan fingerprint density at radius 1 is 1.34 bits per heavy atom. The molecule has 0 fully saturated rings. The van der Waals surface area contributed by atoms with Gasteiger partial charge in [0.25, 0.3) is 5.91 Å². The molecule has 3 aromatic rings. The normalized spacial score (nSPS) is 14.9. The first kappa shape index (κ1) is 20.4. The van der Waals surface area contributed by atoms with Gasteiger partial charge in [0.2, 0.25) is 0 Å². The zero-order valence-corrected chi connectivity index (χ0v) is 16.2. The molecule has 1 atom stereocenters. The average Bonchev–Trinajstić information content (AvgIpc) is 3.37. The van der Waals surface area contributed by atoms with E-state index < -0.39 is 6.10 Å². The fourth-order valence-corrected chi connectivity index (χ4v) is 2.97. The number of anilines is 1. The lowest BCUT2D eigenvalue weighted by Gasteiger charge is -2.05. The number of carbonyl (C=O) groups is 1. The number of halogens is 1. The van der Waals surface area contributed by atoms with Gasteiger partial charge in [-0.25, -0.2) is 9.07 Å². The smallest absolute Gasteiger partial charge is 0.256 e. The highest BCUT2D eigenvalue weighted by molar-refractivity contribution is 6.34. The Morgan fingerprint density at radius 3 is 2.76 bits per heavy atom. The highest BCUT2D eigenvalue weighted by Crippen LogP contribution is 2.33. The van der Waals surface area contributed by atoms with Crippen molar-refractivity contribution in [3.05, 3.63) is 65.0 Å². The van der Waals surface area contributed by atoms with Crippen LogP contribution in [-0.2, 0) is 11.3 Å². The second-order valence-corrected chi connectivity index (χ2v) is 6.77. The second kappa shape index (κ2) is 8.80. The molecule has 0 saturated carbocycles. The van der Waals surface area contributed by atoms with Gasteiger partial charge in [-0.3, -0.25) is 4.79 Å². The lowest BCUT2D eigenvalue weighted by atomic mass is 10.1. The number of benzene rings is 1. The zero-order valence-electron chi connectivity index (χ0n) is 16.2. The first-order chi connectivity index (χ1) is 13.9. The lowest BCUT2D eigenvalue weighted by molar-refractivity contribution is -0.110. The summed E-state index contributed by atoms with van der Waals surface area (Å²) in [4.78, 5) is 15.1. The number of aromatic amines is 1. The predicted octanol–water partition coefficient (Wildman–Crippen LogP) is 1.86. The SMILES string of the molecule is Cc1cc(C)c(C=C2C(=O)Nc3ccc(F)cc32)[nH]1.NCC(O)Cn1ccnn1. The topological polar surface area (TPSA) is 122 Å². The van der Waals surface area contributed by atoms with E-state index in [0.29, 0.717) is 23.4 Å². The summed E-state index contributed by atoms with van der Waals surface area (Å²) in [6.07, 6.45) is 4.48. The minimum Gasteiger partial charge on any atom is -0.390 e. The van der Waals surface area contributed by atoms with E-state index in [-0.39, 0.29) is 18.3 Å². The number of hydrogen-bond acceptors (Lipinski definition) is 5. The second-order valence-electron chi connectivity index (χ2n) is 6.77. The van der Waals surface area contributed by atoms with Crippen LogP contribution in [0, 0.1) is 19.7 Å². The fraction of sp³-hybridized carbons (Fsp3) is 0.250. The molecule has 0 spiro atoms. The molecule has 3 heterocycles. The number of aliphatic hydroxyl groups excluding tert-OH is 1. The molecule has 1 amide bonds. The monoisotopic (exact) mass is 398 g/mol. The molecule has 5 N–H and O–H groups in total. The number of H-pyrrole nitrogens is 1. The van der Waals surface area contributed by atoms with Crippen LogP contribution in [-0.4, -0.2) is 43.6 Å². The molecule has 1 unspecified atom stereocenters. The quantitative estimate of drug-likeness (QED) is 0.500. The van der Waals surface area contributed by atoms with Gasteiger partial charge in [0.05, 0.1) is 24.4 Å². The number of hydrogen-bond donors (Lipinski definition) is 4. The van der Waals surface area contributed by atoms with Crippen molar-refractivity contribution in [1.82, 2.24) is 20.0 Å².